The molecule has 1 aromatic rings. The number of hydrogen-bond donors (Lipinski definition) is 2. The van der Waals surface area contributed by atoms with Crippen molar-refractivity contribution in [2.75, 3.05) is 13.1 Å². The molecule has 1 saturated heterocycles. The third kappa shape index (κ3) is 2.02. The van der Waals surface area contributed by atoms with Crippen molar-refractivity contribution < 1.29 is 4.79 Å². The SMILES string of the molecule is O=C(N[C@@H]1CCNC1)c1csnn1. The van der Waals surface area contributed by atoms with Gasteiger partial charge in [-0.15, -0.1) is 5.10 Å². The second-order valence-corrected chi connectivity index (χ2v) is 3.56. The Balaban J connectivity index is 1.91. The molecule has 1 aliphatic rings. The van der Waals surface area contributed by atoms with Gasteiger partial charge in [0.25, 0.3) is 5.91 Å². The van der Waals surface area contributed by atoms with Crippen LogP contribution in [0.3, 0.4) is 0 Å². The van der Waals surface area contributed by atoms with E-state index in [0.29, 0.717) is 5.69 Å². The predicted molar refractivity (Wildman–Crippen MR) is 48.6 cm³/mol. The summed E-state index contributed by atoms with van der Waals surface area (Å²) in [6.07, 6.45) is 0.989. The highest BCUT2D eigenvalue weighted by atomic mass is 32.1. The standard InChI is InChI=1S/C7H10N4OS/c12-7(6-4-13-11-10-6)9-5-1-2-8-3-5/h4-5,8H,1-3H2,(H,9,12)/t5-/m1/s1. The lowest BCUT2D eigenvalue weighted by molar-refractivity contribution is 0.0935. The number of amides is 1. The highest BCUT2D eigenvalue weighted by molar-refractivity contribution is 7.03. The van der Waals surface area contributed by atoms with Crippen LogP contribution >= 0.6 is 11.5 Å². The predicted octanol–water partition coefficient (Wildman–Crippen LogP) is -0.370. The lowest BCUT2D eigenvalue weighted by Gasteiger charge is -2.08. The number of hydrogen-bond acceptors (Lipinski definition) is 5. The van der Waals surface area contributed by atoms with Crippen LogP contribution in [-0.2, 0) is 0 Å². The number of carbonyl (C=O) groups excluding carboxylic acids is 1. The molecule has 0 spiro atoms. The number of carbonyl (C=O) groups is 1. The minimum Gasteiger partial charge on any atom is -0.347 e. The topological polar surface area (TPSA) is 66.9 Å². The molecule has 0 saturated carbocycles. The van der Waals surface area contributed by atoms with E-state index in [0.717, 1.165) is 19.5 Å². The summed E-state index contributed by atoms with van der Waals surface area (Å²) in [5.41, 5.74) is 0.414. The van der Waals surface area contributed by atoms with Gasteiger partial charge in [0.15, 0.2) is 5.69 Å². The number of rotatable bonds is 2. The zero-order valence-corrected chi connectivity index (χ0v) is 7.80. The fraction of sp³-hybridized carbons (Fsp3) is 0.571. The van der Waals surface area contributed by atoms with Crippen molar-refractivity contribution in [1.29, 1.82) is 0 Å². The van der Waals surface area contributed by atoms with Gasteiger partial charge in [-0.1, -0.05) is 4.49 Å². The molecule has 5 nitrogen and oxygen atoms in total. The Bertz CT molecular complexity index is 281. The summed E-state index contributed by atoms with van der Waals surface area (Å²) in [6.45, 7) is 1.82. The maximum atomic E-state index is 11.4. The Kier molecular flexibility index (Phi) is 2.51. The molecular weight excluding hydrogens is 188 g/mol. The molecule has 13 heavy (non-hydrogen) atoms. The monoisotopic (exact) mass is 198 g/mol. The summed E-state index contributed by atoms with van der Waals surface area (Å²) >= 11 is 1.19. The molecule has 2 rings (SSSR count). The Morgan fingerprint density at radius 3 is 3.31 bits per heavy atom. The van der Waals surface area contributed by atoms with Crippen LogP contribution in [0, 0.1) is 0 Å². The fourth-order valence-electron chi connectivity index (χ4n) is 1.30. The first kappa shape index (κ1) is 8.58. The molecule has 70 valence electrons. The molecule has 0 aliphatic carbocycles. The number of aromatic nitrogens is 2. The van der Waals surface area contributed by atoms with Crippen LogP contribution in [0.25, 0.3) is 0 Å². The van der Waals surface area contributed by atoms with Crippen LogP contribution in [-0.4, -0.2) is 34.6 Å². The van der Waals surface area contributed by atoms with Gasteiger partial charge in [0.2, 0.25) is 0 Å². The lowest BCUT2D eigenvalue weighted by Crippen LogP contribution is -2.36. The Hall–Kier alpha value is -1.01. The summed E-state index contributed by atoms with van der Waals surface area (Å²) < 4.78 is 3.63. The van der Waals surface area contributed by atoms with E-state index in [9.17, 15) is 4.79 Å². The van der Waals surface area contributed by atoms with Gasteiger partial charge in [-0.05, 0) is 24.5 Å². The first-order valence-corrected chi connectivity index (χ1v) is 4.98. The van der Waals surface area contributed by atoms with Gasteiger partial charge in [0, 0.05) is 18.0 Å². The van der Waals surface area contributed by atoms with E-state index in [1.165, 1.54) is 11.5 Å². The molecule has 1 aromatic heterocycles. The zero-order valence-electron chi connectivity index (χ0n) is 6.99. The van der Waals surface area contributed by atoms with Crippen molar-refractivity contribution in [2.24, 2.45) is 0 Å². The number of nitrogens with zero attached hydrogens (tertiary/aromatic N) is 2. The van der Waals surface area contributed by atoms with Crippen LogP contribution in [0.5, 0.6) is 0 Å². The van der Waals surface area contributed by atoms with Gasteiger partial charge in [-0.25, -0.2) is 0 Å². The van der Waals surface area contributed by atoms with Crippen LogP contribution in [0.15, 0.2) is 5.38 Å². The van der Waals surface area contributed by atoms with E-state index < -0.39 is 0 Å². The van der Waals surface area contributed by atoms with E-state index in [4.69, 9.17) is 0 Å². The average Bonchev–Trinajstić information content (AvgIpc) is 2.74. The van der Waals surface area contributed by atoms with Crippen molar-refractivity contribution in [3.05, 3.63) is 11.1 Å². The van der Waals surface area contributed by atoms with Crippen LogP contribution in [0.4, 0.5) is 0 Å². The Morgan fingerprint density at radius 1 is 1.77 bits per heavy atom. The molecule has 1 amide bonds. The lowest BCUT2D eigenvalue weighted by atomic mass is 10.2. The van der Waals surface area contributed by atoms with Crippen molar-refractivity contribution in [3.8, 4) is 0 Å². The summed E-state index contributed by atoms with van der Waals surface area (Å²) in [6, 6.07) is 0.245. The van der Waals surface area contributed by atoms with Crippen LogP contribution < -0.4 is 10.6 Å². The van der Waals surface area contributed by atoms with Crippen LogP contribution in [0.1, 0.15) is 16.9 Å². The largest absolute Gasteiger partial charge is 0.347 e. The maximum absolute atomic E-state index is 11.4. The average molecular weight is 198 g/mol. The molecule has 0 unspecified atom stereocenters. The first-order chi connectivity index (χ1) is 6.36. The second kappa shape index (κ2) is 3.80. The second-order valence-electron chi connectivity index (χ2n) is 2.95. The van der Waals surface area contributed by atoms with Crippen molar-refractivity contribution in [3.63, 3.8) is 0 Å². The van der Waals surface area contributed by atoms with Crippen molar-refractivity contribution in [2.45, 2.75) is 12.5 Å². The minimum absolute atomic E-state index is 0.123. The van der Waals surface area contributed by atoms with Crippen LogP contribution in [0.2, 0.25) is 0 Å². The molecule has 1 aliphatic heterocycles. The van der Waals surface area contributed by atoms with Gasteiger partial charge in [0.1, 0.15) is 0 Å². The van der Waals surface area contributed by atoms with Gasteiger partial charge in [-0.3, -0.25) is 4.79 Å². The molecule has 0 bridgehead atoms. The minimum atomic E-state index is -0.123. The Morgan fingerprint density at radius 2 is 2.69 bits per heavy atom. The molecule has 1 atom stereocenters. The molecule has 0 radical (unpaired) electrons. The molecule has 0 aromatic carbocycles. The molecule has 1 fully saturated rings. The molecule has 2 heterocycles. The van der Waals surface area contributed by atoms with E-state index in [-0.39, 0.29) is 11.9 Å². The molecular formula is C7H10N4OS. The van der Waals surface area contributed by atoms with Gasteiger partial charge >= 0.3 is 0 Å². The zero-order chi connectivity index (χ0) is 9.10. The molecule has 2 N–H and O–H groups in total. The maximum Gasteiger partial charge on any atom is 0.272 e. The van der Waals surface area contributed by atoms with E-state index in [1.54, 1.807) is 5.38 Å². The van der Waals surface area contributed by atoms with E-state index >= 15 is 0 Å². The Labute approximate surface area is 79.7 Å². The number of nitrogens with one attached hydrogen (secondary N) is 2. The third-order valence-corrected chi connectivity index (χ3v) is 2.49. The fourth-order valence-corrected chi connectivity index (χ4v) is 1.74. The third-order valence-electron chi connectivity index (χ3n) is 1.99. The van der Waals surface area contributed by atoms with E-state index in [1.807, 2.05) is 0 Å². The quantitative estimate of drug-likeness (QED) is 0.680. The molecule has 6 heteroatoms. The summed E-state index contributed by atoms with van der Waals surface area (Å²) in [5, 5.41) is 11.4. The van der Waals surface area contributed by atoms with Gasteiger partial charge in [0.05, 0.1) is 0 Å². The van der Waals surface area contributed by atoms with Gasteiger partial charge in [-0.2, -0.15) is 0 Å². The highest BCUT2D eigenvalue weighted by Crippen LogP contribution is 2.01. The summed E-state index contributed by atoms with van der Waals surface area (Å²) in [7, 11) is 0. The van der Waals surface area contributed by atoms with E-state index in [2.05, 4.69) is 20.2 Å². The van der Waals surface area contributed by atoms with Crippen molar-refractivity contribution >= 4 is 17.4 Å². The smallest absolute Gasteiger partial charge is 0.272 e. The highest BCUT2D eigenvalue weighted by Gasteiger charge is 2.18. The van der Waals surface area contributed by atoms with Crippen molar-refractivity contribution in [1.82, 2.24) is 20.2 Å². The van der Waals surface area contributed by atoms with Gasteiger partial charge < -0.3 is 10.6 Å². The summed E-state index contributed by atoms with van der Waals surface area (Å²) in [5.74, 6) is -0.123. The normalized spacial score (nSPS) is 21.7. The summed E-state index contributed by atoms with van der Waals surface area (Å²) in [4.78, 5) is 11.4. The first-order valence-electron chi connectivity index (χ1n) is 4.15.